The maximum Gasteiger partial charge on any atom is 0.192 e. The van der Waals surface area contributed by atoms with Crippen LogP contribution in [0.1, 0.15) is 22.8 Å². The molecule has 1 heterocycles. The summed E-state index contributed by atoms with van der Waals surface area (Å²) >= 11 is 5.95. The monoisotopic (exact) mass is 510 g/mol. The van der Waals surface area contributed by atoms with Crippen molar-refractivity contribution >= 4 is 41.5 Å². The second-order valence-electron chi connectivity index (χ2n) is 6.21. The number of aromatic nitrogens is 3. The topological polar surface area (TPSA) is 67.1 Å². The van der Waals surface area contributed by atoms with E-state index in [4.69, 9.17) is 11.6 Å². The molecule has 6 nitrogen and oxygen atoms in total. The summed E-state index contributed by atoms with van der Waals surface area (Å²) in [6, 6.07) is 17.9. The van der Waals surface area contributed by atoms with Gasteiger partial charge in [0.25, 0.3) is 0 Å². The lowest BCUT2D eigenvalue weighted by Crippen LogP contribution is -2.37. The predicted molar refractivity (Wildman–Crippen MR) is 124 cm³/mol. The molecular formula is C20H24ClIN6. The first-order valence-electron chi connectivity index (χ1n) is 8.77. The molecule has 2 N–H and O–H groups in total. The van der Waals surface area contributed by atoms with Gasteiger partial charge in [-0.05, 0) is 30.2 Å². The van der Waals surface area contributed by atoms with Crippen LogP contribution in [0.4, 0.5) is 0 Å². The van der Waals surface area contributed by atoms with Crippen molar-refractivity contribution in [1.82, 2.24) is 25.4 Å². The van der Waals surface area contributed by atoms with Crippen LogP contribution in [0.25, 0.3) is 0 Å². The maximum atomic E-state index is 5.95. The zero-order chi connectivity index (χ0) is 19.1. The van der Waals surface area contributed by atoms with Crippen molar-refractivity contribution in [3.63, 3.8) is 0 Å². The zero-order valence-electron chi connectivity index (χ0n) is 15.9. The van der Waals surface area contributed by atoms with Crippen LogP contribution in [0.3, 0.4) is 0 Å². The lowest BCUT2D eigenvalue weighted by atomic mass is 10.2. The van der Waals surface area contributed by atoms with Crippen LogP contribution in [-0.2, 0) is 26.7 Å². The fourth-order valence-corrected chi connectivity index (χ4v) is 2.61. The molecule has 28 heavy (non-hydrogen) atoms. The van der Waals surface area contributed by atoms with E-state index in [1.165, 1.54) is 0 Å². The van der Waals surface area contributed by atoms with E-state index >= 15 is 0 Å². The van der Waals surface area contributed by atoms with Gasteiger partial charge in [-0.2, -0.15) is 0 Å². The second kappa shape index (κ2) is 11.0. The molecule has 0 aliphatic rings. The summed E-state index contributed by atoms with van der Waals surface area (Å²) in [7, 11) is 1.95. The highest BCUT2D eigenvalue weighted by molar-refractivity contribution is 14.0. The number of nitrogens with one attached hydrogen (secondary N) is 2. The Labute approximate surface area is 187 Å². The fraction of sp³-hybridized carbons (Fsp3) is 0.250. The van der Waals surface area contributed by atoms with Crippen molar-refractivity contribution in [3.05, 3.63) is 82.4 Å². The van der Waals surface area contributed by atoms with Crippen molar-refractivity contribution in [2.75, 3.05) is 0 Å². The summed E-state index contributed by atoms with van der Waals surface area (Å²) in [5, 5.41) is 15.7. The number of aliphatic imine (C=N–C) groups is 1. The Morgan fingerprint density at radius 1 is 0.964 bits per heavy atom. The minimum atomic E-state index is 0. The van der Waals surface area contributed by atoms with E-state index in [0.29, 0.717) is 19.6 Å². The molecule has 0 spiro atoms. The van der Waals surface area contributed by atoms with Gasteiger partial charge >= 0.3 is 0 Å². The summed E-state index contributed by atoms with van der Waals surface area (Å²) < 4.78 is 1.96. The molecule has 0 radical (unpaired) electrons. The molecule has 0 saturated carbocycles. The number of hydrogen-bond acceptors (Lipinski definition) is 3. The van der Waals surface area contributed by atoms with Crippen LogP contribution in [0.5, 0.6) is 0 Å². The molecular weight excluding hydrogens is 487 g/mol. The molecule has 2 aromatic carbocycles. The van der Waals surface area contributed by atoms with Gasteiger partial charge in [-0.15, -0.1) is 34.2 Å². The normalized spacial score (nSPS) is 11.0. The van der Waals surface area contributed by atoms with Gasteiger partial charge in [-0.1, -0.05) is 54.1 Å². The van der Waals surface area contributed by atoms with Crippen LogP contribution < -0.4 is 10.6 Å². The van der Waals surface area contributed by atoms with Crippen molar-refractivity contribution in [3.8, 4) is 0 Å². The first-order chi connectivity index (χ1) is 13.1. The van der Waals surface area contributed by atoms with Crippen LogP contribution in [0.15, 0.2) is 59.6 Å². The second-order valence-corrected chi connectivity index (χ2v) is 6.64. The Bertz CT molecular complexity index is 893. The fourth-order valence-electron chi connectivity index (χ4n) is 2.48. The Kier molecular flexibility index (Phi) is 8.72. The van der Waals surface area contributed by atoms with Gasteiger partial charge in [0.1, 0.15) is 5.82 Å². The van der Waals surface area contributed by atoms with Gasteiger partial charge in [-0.3, -0.25) is 0 Å². The van der Waals surface area contributed by atoms with Crippen molar-refractivity contribution < 1.29 is 0 Å². The quantitative estimate of drug-likeness (QED) is 0.300. The number of rotatable bonds is 6. The van der Waals surface area contributed by atoms with Crippen LogP contribution in [0.2, 0.25) is 5.02 Å². The summed E-state index contributed by atoms with van der Waals surface area (Å²) in [5.41, 5.74) is 2.28. The van der Waals surface area contributed by atoms with E-state index in [-0.39, 0.29) is 24.0 Å². The molecule has 0 amide bonds. The highest BCUT2D eigenvalue weighted by Crippen LogP contribution is 2.09. The Morgan fingerprint density at radius 3 is 2.29 bits per heavy atom. The zero-order valence-corrected chi connectivity index (χ0v) is 19.0. The lowest BCUT2D eigenvalue weighted by molar-refractivity contribution is 0.714. The van der Waals surface area contributed by atoms with E-state index in [1.807, 2.05) is 61.0 Å². The molecule has 148 valence electrons. The van der Waals surface area contributed by atoms with E-state index in [1.54, 1.807) is 0 Å². The van der Waals surface area contributed by atoms with Crippen molar-refractivity contribution in [2.45, 2.75) is 26.6 Å². The Morgan fingerprint density at radius 2 is 1.64 bits per heavy atom. The van der Waals surface area contributed by atoms with Gasteiger partial charge in [0.15, 0.2) is 11.8 Å². The summed E-state index contributed by atoms with van der Waals surface area (Å²) in [6.07, 6.45) is 0. The third-order valence-corrected chi connectivity index (χ3v) is 4.48. The molecule has 0 unspecified atom stereocenters. The molecule has 3 aromatic rings. The molecule has 0 bridgehead atoms. The maximum absolute atomic E-state index is 5.95. The number of nitrogens with zero attached hydrogens (tertiary/aromatic N) is 4. The number of halogens is 2. The highest BCUT2D eigenvalue weighted by atomic mass is 127. The minimum absolute atomic E-state index is 0. The van der Waals surface area contributed by atoms with Gasteiger partial charge < -0.3 is 15.2 Å². The van der Waals surface area contributed by atoms with Crippen LogP contribution in [0, 0.1) is 6.92 Å². The van der Waals surface area contributed by atoms with E-state index in [0.717, 1.165) is 33.8 Å². The molecule has 8 heteroatoms. The molecule has 0 aliphatic carbocycles. The average Bonchev–Trinajstić information content (AvgIpc) is 3.01. The number of hydrogen-bond donors (Lipinski definition) is 2. The molecule has 1 aromatic heterocycles. The van der Waals surface area contributed by atoms with Crippen LogP contribution >= 0.6 is 35.6 Å². The third-order valence-electron chi connectivity index (χ3n) is 4.23. The summed E-state index contributed by atoms with van der Waals surface area (Å²) in [5.74, 6) is 2.45. The Hall–Kier alpha value is -2.13. The highest BCUT2D eigenvalue weighted by Gasteiger charge is 2.06. The lowest BCUT2D eigenvalue weighted by Gasteiger charge is -2.13. The minimum Gasteiger partial charge on any atom is -0.352 e. The smallest absolute Gasteiger partial charge is 0.192 e. The van der Waals surface area contributed by atoms with Crippen molar-refractivity contribution in [2.24, 2.45) is 12.0 Å². The van der Waals surface area contributed by atoms with Gasteiger partial charge in [-0.25, -0.2) is 4.99 Å². The summed E-state index contributed by atoms with van der Waals surface area (Å²) in [6.45, 7) is 3.71. The molecule has 3 rings (SSSR count). The van der Waals surface area contributed by atoms with Crippen LogP contribution in [-0.4, -0.2) is 20.7 Å². The SMILES string of the molecule is Cc1nnc(CNC(=NCc2ccccc2)NCc2ccc(Cl)cc2)n1C.I. The van der Waals surface area contributed by atoms with E-state index < -0.39 is 0 Å². The summed E-state index contributed by atoms with van der Waals surface area (Å²) in [4.78, 5) is 4.69. The largest absolute Gasteiger partial charge is 0.352 e. The molecule has 0 fully saturated rings. The number of aryl methyl sites for hydroxylation is 1. The number of guanidine groups is 1. The predicted octanol–water partition coefficient (Wildman–Crippen LogP) is 3.83. The van der Waals surface area contributed by atoms with Gasteiger partial charge in [0.05, 0.1) is 13.1 Å². The van der Waals surface area contributed by atoms with Gasteiger partial charge in [0.2, 0.25) is 0 Å². The number of benzene rings is 2. The molecule has 0 atom stereocenters. The third kappa shape index (κ3) is 6.49. The van der Waals surface area contributed by atoms with Gasteiger partial charge in [0, 0.05) is 18.6 Å². The standard InChI is InChI=1S/C20H23ClN6.HI/c1-15-25-26-19(27(15)2)14-24-20(22-12-16-6-4-3-5-7-16)23-13-17-8-10-18(21)11-9-17;/h3-11H,12-14H2,1-2H3,(H2,22,23,24);1H. The molecule has 0 saturated heterocycles. The van der Waals surface area contributed by atoms with Crippen molar-refractivity contribution in [1.29, 1.82) is 0 Å². The first-order valence-corrected chi connectivity index (χ1v) is 9.15. The average molecular weight is 511 g/mol. The Balaban J connectivity index is 0.00000280. The van der Waals surface area contributed by atoms with E-state index in [2.05, 4.69) is 38.0 Å². The molecule has 0 aliphatic heterocycles. The van der Waals surface area contributed by atoms with E-state index in [9.17, 15) is 0 Å². The first kappa shape index (κ1) is 22.2.